The zero-order valence-electron chi connectivity index (χ0n) is 21.2. The van der Waals surface area contributed by atoms with E-state index in [1.54, 1.807) is 0 Å². The summed E-state index contributed by atoms with van der Waals surface area (Å²) in [5, 5.41) is 20.6. The minimum atomic E-state index is -1.02. The fourth-order valence-corrected chi connectivity index (χ4v) is 3.86. The molecule has 8 heteroatoms. The Morgan fingerprint density at radius 3 is 1.71 bits per heavy atom. The molecule has 1 unspecified atom stereocenters. The van der Waals surface area contributed by atoms with Crippen molar-refractivity contribution < 1.29 is 34.1 Å². The Kier molecular flexibility index (Phi) is 21.5. The highest BCUT2D eigenvalue weighted by Crippen LogP contribution is 2.16. The standard InChI is InChI=1S/C26H47NO7/c1-2-34-20-19-27-24(29)18-17-22(26(32)33)21-23(28)15-13-11-9-7-5-3-4-6-8-10-12-14-16-25(30)31/h22H,2-21H2,1H3,(H,27,29)(H,30,31)(H,32,33). The summed E-state index contributed by atoms with van der Waals surface area (Å²) >= 11 is 0. The molecule has 0 aromatic carbocycles. The van der Waals surface area contributed by atoms with Gasteiger partial charge in [-0.15, -0.1) is 0 Å². The van der Waals surface area contributed by atoms with Gasteiger partial charge in [-0.1, -0.05) is 64.2 Å². The van der Waals surface area contributed by atoms with Crippen molar-refractivity contribution >= 4 is 23.6 Å². The van der Waals surface area contributed by atoms with E-state index in [0.29, 0.717) is 26.2 Å². The summed E-state index contributed by atoms with van der Waals surface area (Å²) < 4.78 is 5.14. The first-order valence-corrected chi connectivity index (χ1v) is 13.2. The van der Waals surface area contributed by atoms with E-state index >= 15 is 0 Å². The van der Waals surface area contributed by atoms with Gasteiger partial charge in [0, 0.05) is 38.8 Å². The van der Waals surface area contributed by atoms with Crippen LogP contribution in [0.15, 0.2) is 0 Å². The van der Waals surface area contributed by atoms with Crippen LogP contribution < -0.4 is 5.32 Å². The Balaban J connectivity index is 3.66. The first kappa shape index (κ1) is 32.0. The number of rotatable bonds is 25. The van der Waals surface area contributed by atoms with E-state index < -0.39 is 17.9 Å². The number of ether oxygens (including phenoxy) is 1. The van der Waals surface area contributed by atoms with Crippen LogP contribution in [0, 0.1) is 5.92 Å². The number of hydrogen-bond acceptors (Lipinski definition) is 5. The quantitative estimate of drug-likeness (QED) is 0.153. The molecule has 0 spiro atoms. The molecular weight excluding hydrogens is 438 g/mol. The highest BCUT2D eigenvalue weighted by molar-refractivity contribution is 5.84. The SMILES string of the molecule is CCOCCNC(=O)CCC(CC(=O)CCCCCCCCCCCCCCC(=O)O)C(=O)O. The van der Waals surface area contributed by atoms with Gasteiger partial charge in [0.05, 0.1) is 12.5 Å². The molecule has 0 radical (unpaired) electrons. The summed E-state index contributed by atoms with van der Waals surface area (Å²) in [5.74, 6) is -2.78. The number of carbonyl (C=O) groups is 4. The van der Waals surface area contributed by atoms with Crippen molar-refractivity contribution in [3.63, 3.8) is 0 Å². The maximum Gasteiger partial charge on any atom is 0.306 e. The lowest BCUT2D eigenvalue weighted by Crippen LogP contribution is -2.28. The first-order chi connectivity index (χ1) is 16.4. The fourth-order valence-electron chi connectivity index (χ4n) is 3.86. The molecule has 198 valence electrons. The summed E-state index contributed by atoms with van der Waals surface area (Å²) in [5.41, 5.74) is 0. The van der Waals surface area contributed by atoms with E-state index in [4.69, 9.17) is 9.84 Å². The Hall–Kier alpha value is -1.96. The van der Waals surface area contributed by atoms with E-state index in [0.717, 1.165) is 44.9 Å². The van der Waals surface area contributed by atoms with Gasteiger partial charge in [0.1, 0.15) is 5.78 Å². The largest absolute Gasteiger partial charge is 0.481 e. The van der Waals surface area contributed by atoms with Crippen LogP contribution in [0.3, 0.4) is 0 Å². The molecule has 0 rings (SSSR count). The predicted molar refractivity (Wildman–Crippen MR) is 132 cm³/mol. The molecule has 34 heavy (non-hydrogen) atoms. The number of amides is 1. The fraction of sp³-hybridized carbons (Fsp3) is 0.846. The van der Waals surface area contributed by atoms with Crippen LogP contribution in [-0.2, 0) is 23.9 Å². The van der Waals surface area contributed by atoms with Crippen molar-refractivity contribution in [2.75, 3.05) is 19.8 Å². The van der Waals surface area contributed by atoms with Crippen LogP contribution in [0.2, 0.25) is 0 Å². The van der Waals surface area contributed by atoms with Crippen LogP contribution in [-0.4, -0.2) is 53.6 Å². The number of ketones is 1. The molecule has 1 amide bonds. The molecule has 0 bridgehead atoms. The van der Waals surface area contributed by atoms with Gasteiger partial charge >= 0.3 is 11.9 Å². The Morgan fingerprint density at radius 2 is 1.24 bits per heavy atom. The van der Waals surface area contributed by atoms with Gasteiger partial charge in [0.15, 0.2) is 0 Å². The Morgan fingerprint density at radius 1 is 0.735 bits per heavy atom. The molecule has 0 aromatic rings. The lowest BCUT2D eigenvalue weighted by molar-refractivity contribution is -0.144. The molecule has 0 aliphatic rings. The number of Topliss-reactive ketones (excluding diaryl/α,β-unsaturated/α-hetero) is 1. The summed E-state index contributed by atoms with van der Waals surface area (Å²) in [6.07, 6.45) is 13.9. The van der Waals surface area contributed by atoms with Crippen molar-refractivity contribution in [3.05, 3.63) is 0 Å². The number of carboxylic acid groups (broad SMARTS) is 2. The van der Waals surface area contributed by atoms with Gasteiger partial charge in [0.25, 0.3) is 0 Å². The summed E-state index contributed by atoms with van der Waals surface area (Å²) in [7, 11) is 0. The van der Waals surface area contributed by atoms with E-state index in [2.05, 4.69) is 5.32 Å². The van der Waals surface area contributed by atoms with Gasteiger partial charge in [-0.2, -0.15) is 0 Å². The van der Waals surface area contributed by atoms with Gasteiger partial charge in [-0.05, 0) is 26.2 Å². The Bertz CT molecular complexity index is 565. The topological polar surface area (TPSA) is 130 Å². The second-order valence-corrected chi connectivity index (χ2v) is 9.00. The van der Waals surface area contributed by atoms with Gasteiger partial charge in [0.2, 0.25) is 5.91 Å². The van der Waals surface area contributed by atoms with Crippen molar-refractivity contribution in [1.82, 2.24) is 5.32 Å². The summed E-state index contributed by atoms with van der Waals surface area (Å²) in [6, 6.07) is 0. The van der Waals surface area contributed by atoms with E-state index in [9.17, 15) is 24.3 Å². The van der Waals surface area contributed by atoms with Gasteiger partial charge < -0.3 is 20.3 Å². The van der Waals surface area contributed by atoms with Crippen LogP contribution >= 0.6 is 0 Å². The molecule has 0 fully saturated rings. The zero-order chi connectivity index (χ0) is 25.4. The number of hydrogen-bond donors (Lipinski definition) is 3. The van der Waals surface area contributed by atoms with Crippen molar-refractivity contribution in [3.8, 4) is 0 Å². The molecule has 0 aromatic heterocycles. The zero-order valence-corrected chi connectivity index (χ0v) is 21.2. The molecular formula is C26H47NO7. The maximum atomic E-state index is 12.2. The van der Waals surface area contributed by atoms with Crippen molar-refractivity contribution in [2.45, 2.75) is 116 Å². The van der Waals surface area contributed by atoms with Crippen molar-refractivity contribution in [2.24, 2.45) is 5.92 Å². The number of nitrogens with one attached hydrogen (secondary N) is 1. The summed E-state index contributed by atoms with van der Waals surface area (Å²) in [4.78, 5) is 45.8. The first-order valence-electron chi connectivity index (χ1n) is 13.2. The molecule has 0 saturated heterocycles. The van der Waals surface area contributed by atoms with Crippen LogP contribution in [0.4, 0.5) is 0 Å². The molecule has 3 N–H and O–H groups in total. The number of unbranched alkanes of at least 4 members (excludes halogenated alkanes) is 11. The third-order valence-corrected chi connectivity index (χ3v) is 5.91. The molecule has 0 aliphatic heterocycles. The highest BCUT2D eigenvalue weighted by atomic mass is 16.5. The smallest absolute Gasteiger partial charge is 0.306 e. The third kappa shape index (κ3) is 21.9. The predicted octanol–water partition coefficient (Wildman–Crippen LogP) is 5.13. The lowest BCUT2D eigenvalue weighted by atomic mass is 9.94. The van der Waals surface area contributed by atoms with Crippen LogP contribution in [0.25, 0.3) is 0 Å². The molecule has 0 heterocycles. The molecule has 8 nitrogen and oxygen atoms in total. The molecule has 0 aliphatic carbocycles. The van der Waals surface area contributed by atoms with E-state index in [1.165, 1.54) is 32.1 Å². The average Bonchev–Trinajstić information content (AvgIpc) is 2.79. The van der Waals surface area contributed by atoms with Crippen LogP contribution in [0.5, 0.6) is 0 Å². The number of aliphatic carboxylic acids is 2. The number of carboxylic acids is 2. The normalized spacial score (nSPS) is 11.8. The monoisotopic (exact) mass is 485 g/mol. The van der Waals surface area contributed by atoms with E-state index in [-0.39, 0.29) is 37.4 Å². The second kappa shape index (κ2) is 22.8. The van der Waals surface area contributed by atoms with Gasteiger partial charge in [-0.25, -0.2) is 0 Å². The van der Waals surface area contributed by atoms with E-state index in [1.807, 2.05) is 6.92 Å². The van der Waals surface area contributed by atoms with Crippen molar-refractivity contribution in [1.29, 1.82) is 0 Å². The molecule has 1 atom stereocenters. The van der Waals surface area contributed by atoms with Crippen LogP contribution in [0.1, 0.15) is 116 Å². The molecule has 0 saturated carbocycles. The Labute approximate surface area is 205 Å². The average molecular weight is 486 g/mol. The second-order valence-electron chi connectivity index (χ2n) is 9.00. The van der Waals surface area contributed by atoms with Gasteiger partial charge in [-0.3, -0.25) is 19.2 Å². The highest BCUT2D eigenvalue weighted by Gasteiger charge is 2.21. The minimum Gasteiger partial charge on any atom is -0.481 e. The maximum absolute atomic E-state index is 12.2. The summed E-state index contributed by atoms with van der Waals surface area (Å²) in [6.45, 7) is 3.29. The minimum absolute atomic E-state index is 0.00212. The third-order valence-electron chi connectivity index (χ3n) is 5.91. The lowest BCUT2D eigenvalue weighted by Gasteiger charge is -2.12. The number of carbonyl (C=O) groups excluding carboxylic acids is 2.